The topological polar surface area (TPSA) is 49.7 Å². The summed E-state index contributed by atoms with van der Waals surface area (Å²) in [4.78, 5) is 1.00. The predicted molar refractivity (Wildman–Crippen MR) is 84.5 cm³/mol. The molecule has 0 spiro atoms. The Morgan fingerprint density at radius 1 is 1.10 bits per heavy atom. The van der Waals surface area contributed by atoms with E-state index in [4.69, 9.17) is 4.74 Å². The van der Waals surface area contributed by atoms with Gasteiger partial charge in [-0.3, -0.25) is 0 Å². The summed E-state index contributed by atoms with van der Waals surface area (Å²) >= 11 is 4.92. The number of aromatic hydroxyl groups is 1. The fraction of sp³-hybridized carbons (Fsp3) is 0.200. The van der Waals surface area contributed by atoms with E-state index in [1.165, 1.54) is 11.8 Å². The lowest BCUT2D eigenvalue weighted by Gasteiger charge is -2.13. The van der Waals surface area contributed by atoms with Crippen LogP contribution < -0.4 is 4.74 Å². The second kappa shape index (κ2) is 7.57. The van der Waals surface area contributed by atoms with Crippen LogP contribution >= 0.6 is 27.7 Å². The molecule has 0 bridgehead atoms. The van der Waals surface area contributed by atoms with Crippen molar-refractivity contribution in [3.05, 3.63) is 53.0 Å². The van der Waals surface area contributed by atoms with Gasteiger partial charge in [0.25, 0.3) is 0 Å². The number of aliphatic hydroxyl groups excluding tert-OH is 1. The summed E-state index contributed by atoms with van der Waals surface area (Å²) in [5, 5.41) is 19.1. The van der Waals surface area contributed by atoms with Crippen LogP contribution in [0.3, 0.4) is 0 Å². The number of ether oxygens (including phenoxy) is 1. The van der Waals surface area contributed by atoms with Crippen molar-refractivity contribution in [3.8, 4) is 11.5 Å². The molecule has 0 amide bonds. The van der Waals surface area contributed by atoms with E-state index < -0.39 is 6.10 Å². The van der Waals surface area contributed by atoms with E-state index in [1.54, 1.807) is 12.1 Å². The van der Waals surface area contributed by atoms with Crippen LogP contribution in [0.15, 0.2) is 57.9 Å². The van der Waals surface area contributed by atoms with Gasteiger partial charge in [-0.05, 0) is 52.3 Å². The quantitative estimate of drug-likeness (QED) is 0.776. The Bertz CT molecular complexity index is 545. The first-order chi connectivity index (χ1) is 9.65. The molecule has 0 saturated heterocycles. The Kier molecular flexibility index (Phi) is 5.76. The molecule has 2 rings (SSSR count). The SMILES string of the molecule is Oc1ccc(SCC(O)COc2ccccc2Br)cc1. The molecule has 106 valence electrons. The van der Waals surface area contributed by atoms with Gasteiger partial charge >= 0.3 is 0 Å². The zero-order valence-corrected chi connectivity index (χ0v) is 13.1. The molecular weight excluding hydrogens is 340 g/mol. The van der Waals surface area contributed by atoms with Crippen LogP contribution in [-0.4, -0.2) is 28.7 Å². The summed E-state index contributed by atoms with van der Waals surface area (Å²) in [5.41, 5.74) is 0. The van der Waals surface area contributed by atoms with Crippen LogP contribution in [-0.2, 0) is 0 Å². The first kappa shape index (κ1) is 15.2. The highest BCUT2D eigenvalue weighted by Crippen LogP contribution is 2.25. The zero-order chi connectivity index (χ0) is 14.4. The average molecular weight is 355 g/mol. The maximum absolute atomic E-state index is 9.91. The highest BCUT2D eigenvalue weighted by atomic mass is 79.9. The van der Waals surface area contributed by atoms with Gasteiger partial charge in [-0.2, -0.15) is 0 Å². The molecule has 20 heavy (non-hydrogen) atoms. The highest BCUT2D eigenvalue weighted by molar-refractivity contribution is 9.10. The summed E-state index contributed by atoms with van der Waals surface area (Å²) in [6, 6.07) is 14.4. The van der Waals surface area contributed by atoms with E-state index in [-0.39, 0.29) is 12.4 Å². The molecule has 0 heterocycles. The summed E-state index contributed by atoms with van der Waals surface area (Å²) in [7, 11) is 0. The molecule has 1 unspecified atom stereocenters. The van der Waals surface area contributed by atoms with Crippen LogP contribution in [0.5, 0.6) is 11.5 Å². The van der Waals surface area contributed by atoms with E-state index in [9.17, 15) is 10.2 Å². The van der Waals surface area contributed by atoms with Gasteiger partial charge in [0.1, 0.15) is 18.1 Å². The van der Waals surface area contributed by atoms with Gasteiger partial charge in [0.2, 0.25) is 0 Å². The number of halogens is 1. The van der Waals surface area contributed by atoms with Crippen LogP contribution in [0.4, 0.5) is 0 Å². The Labute approximate surface area is 130 Å². The molecule has 1 atom stereocenters. The highest BCUT2D eigenvalue weighted by Gasteiger charge is 2.08. The minimum Gasteiger partial charge on any atom is -0.508 e. The fourth-order valence-electron chi connectivity index (χ4n) is 1.53. The van der Waals surface area contributed by atoms with Crippen molar-refractivity contribution in [2.75, 3.05) is 12.4 Å². The van der Waals surface area contributed by atoms with E-state index in [0.29, 0.717) is 5.75 Å². The summed E-state index contributed by atoms with van der Waals surface area (Å²) in [5.74, 6) is 1.50. The molecule has 2 aromatic carbocycles. The summed E-state index contributed by atoms with van der Waals surface area (Å²) in [6.45, 7) is 0.244. The van der Waals surface area contributed by atoms with Gasteiger partial charge in [-0.25, -0.2) is 0 Å². The smallest absolute Gasteiger partial charge is 0.133 e. The van der Waals surface area contributed by atoms with Crippen molar-refractivity contribution < 1.29 is 14.9 Å². The van der Waals surface area contributed by atoms with Crippen LogP contribution in [0.25, 0.3) is 0 Å². The number of benzene rings is 2. The molecule has 0 aromatic heterocycles. The van der Waals surface area contributed by atoms with Gasteiger partial charge < -0.3 is 14.9 Å². The lowest BCUT2D eigenvalue weighted by Crippen LogP contribution is -2.20. The first-order valence-electron chi connectivity index (χ1n) is 6.12. The zero-order valence-electron chi connectivity index (χ0n) is 10.7. The van der Waals surface area contributed by atoms with Crippen molar-refractivity contribution in [2.45, 2.75) is 11.0 Å². The van der Waals surface area contributed by atoms with Gasteiger partial charge in [0.05, 0.1) is 10.6 Å². The largest absolute Gasteiger partial charge is 0.508 e. The number of hydrogen-bond acceptors (Lipinski definition) is 4. The predicted octanol–water partition coefficient (Wildman–Crippen LogP) is 3.69. The molecule has 0 aliphatic carbocycles. The van der Waals surface area contributed by atoms with E-state index in [2.05, 4.69) is 15.9 Å². The second-order valence-electron chi connectivity index (χ2n) is 4.20. The van der Waals surface area contributed by atoms with E-state index >= 15 is 0 Å². The number of thioether (sulfide) groups is 1. The van der Waals surface area contributed by atoms with E-state index in [1.807, 2.05) is 36.4 Å². The minimum atomic E-state index is -0.555. The van der Waals surface area contributed by atoms with Crippen LogP contribution in [0, 0.1) is 0 Å². The summed E-state index contributed by atoms with van der Waals surface area (Å²) < 4.78 is 6.43. The number of phenols is 1. The number of para-hydroxylation sites is 1. The number of hydrogen-bond donors (Lipinski definition) is 2. The molecule has 2 aromatic rings. The molecule has 3 nitrogen and oxygen atoms in total. The van der Waals surface area contributed by atoms with Gasteiger partial charge in [-0.1, -0.05) is 12.1 Å². The lowest BCUT2D eigenvalue weighted by atomic mass is 10.3. The Balaban J connectivity index is 1.77. The van der Waals surface area contributed by atoms with Crippen LogP contribution in [0.2, 0.25) is 0 Å². The minimum absolute atomic E-state index is 0.243. The Hall–Kier alpha value is -1.17. The first-order valence-corrected chi connectivity index (χ1v) is 7.90. The van der Waals surface area contributed by atoms with Crippen molar-refractivity contribution in [3.63, 3.8) is 0 Å². The normalized spacial score (nSPS) is 12.1. The van der Waals surface area contributed by atoms with Crippen molar-refractivity contribution >= 4 is 27.7 Å². The Morgan fingerprint density at radius 2 is 1.80 bits per heavy atom. The maximum Gasteiger partial charge on any atom is 0.133 e. The fourth-order valence-corrected chi connectivity index (χ4v) is 2.74. The van der Waals surface area contributed by atoms with Crippen molar-refractivity contribution in [2.24, 2.45) is 0 Å². The average Bonchev–Trinajstić information content (AvgIpc) is 2.46. The third-order valence-electron chi connectivity index (χ3n) is 2.55. The number of phenolic OH excluding ortho intramolecular Hbond substituents is 1. The molecule has 0 saturated carbocycles. The third-order valence-corrected chi connectivity index (χ3v) is 4.36. The molecule has 5 heteroatoms. The molecule has 0 fully saturated rings. The lowest BCUT2D eigenvalue weighted by molar-refractivity contribution is 0.126. The standard InChI is InChI=1S/C15H15BrO3S/c16-14-3-1-2-4-15(14)19-9-12(18)10-20-13-7-5-11(17)6-8-13/h1-8,12,17-18H,9-10H2. The molecular formula is C15H15BrO3S. The monoisotopic (exact) mass is 354 g/mol. The van der Waals surface area contributed by atoms with Gasteiger partial charge in [-0.15, -0.1) is 11.8 Å². The second-order valence-corrected chi connectivity index (χ2v) is 6.15. The summed E-state index contributed by atoms with van der Waals surface area (Å²) in [6.07, 6.45) is -0.555. The Morgan fingerprint density at radius 3 is 2.50 bits per heavy atom. The number of rotatable bonds is 6. The molecule has 0 aliphatic heterocycles. The number of aliphatic hydroxyl groups is 1. The van der Waals surface area contributed by atoms with E-state index in [0.717, 1.165) is 15.1 Å². The molecule has 0 aliphatic rings. The molecule has 2 N–H and O–H groups in total. The van der Waals surface area contributed by atoms with Crippen molar-refractivity contribution in [1.29, 1.82) is 0 Å². The van der Waals surface area contributed by atoms with Crippen molar-refractivity contribution in [1.82, 2.24) is 0 Å². The van der Waals surface area contributed by atoms with Gasteiger partial charge in [0.15, 0.2) is 0 Å². The maximum atomic E-state index is 9.91. The van der Waals surface area contributed by atoms with Gasteiger partial charge in [0, 0.05) is 10.6 Å². The van der Waals surface area contributed by atoms with Crippen LogP contribution in [0.1, 0.15) is 0 Å². The molecule has 0 radical (unpaired) electrons. The third kappa shape index (κ3) is 4.74.